The summed E-state index contributed by atoms with van der Waals surface area (Å²) >= 11 is 1.99. The fourth-order valence-electron chi connectivity index (χ4n) is 3.54. The Bertz CT molecular complexity index is 558. The lowest BCUT2D eigenvalue weighted by atomic mass is 9.97. The van der Waals surface area contributed by atoms with Gasteiger partial charge in [-0.05, 0) is 55.2 Å². The highest BCUT2D eigenvalue weighted by molar-refractivity contribution is 7.99. The summed E-state index contributed by atoms with van der Waals surface area (Å²) in [6.07, 6.45) is 4.86. The lowest BCUT2D eigenvalue weighted by Gasteiger charge is -2.33. The van der Waals surface area contributed by atoms with Crippen molar-refractivity contribution in [2.24, 2.45) is 5.92 Å². The fraction of sp³-hybridized carbons (Fsp3) is 0.579. The highest BCUT2D eigenvalue weighted by Crippen LogP contribution is 2.25. The second-order valence-corrected chi connectivity index (χ2v) is 8.01. The molecule has 2 heterocycles. The van der Waals surface area contributed by atoms with Crippen molar-refractivity contribution in [2.45, 2.75) is 38.1 Å². The minimum atomic E-state index is 0.0684. The van der Waals surface area contributed by atoms with Crippen molar-refractivity contribution >= 4 is 23.6 Å². The molecule has 1 aromatic carbocycles. The third-order valence-electron chi connectivity index (χ3n) is 4.91. The van der Waals surface area contributed by atoms with Gasteiger partial charge in [-0.3, -0.25) is 9.59 Å². The zero-order valence-corrected chi connectivity index (χ0v) is 14.9. The Hall–Kier alpha value is -1.49. The van der Waals surface area contributed by atoms with Gasteiger partial charge in [-0.2, -0.15) is 11.8 Å². The molecule has 130 valence electrons. The molecule has 2 amide bonds. The molecular formula is C19H26N2O2S. The van der Waals surface area contributed by atoms with Crippen molar-refractivity contribution in [3.05, 3.63) is 35.9 Å². The molecule has 4 nitrogen and oxygen atoms in total. The van der Waals surface area contributed by atoms with E-state index in [0.29, 0.717) is 18.9 Å². The number of nitrogens with zero attached hydrogens (tertiary/aromatic N) is 1. The summed E-state index contributed by atoms with van der Waals surface area (Å²) in [5.41, 5.74) is 0.726. The normalized spacial score (nSPS) is 22.2. The van der Waals surface area contributed by atoms with Crippen LogP contribution in [0.15, 0.2) is 30.3 Å². The molecule has 2 aliphatic rings. The molecule has 1 aromatic rings. The van der Waals surface area contributed by atoms with E-state index in [1.165, 1.54) is 11.5 Å². The van der Waals surface area contributed by atoms with Gasteiger partial charge in [0.1, 0.15) is 0 Å². The lowest BCUT2D eigenvalue weighted by Crippen LogP contribution is -2.49. The summed E-state index contributed by atoms with van der Waals surface area (Å²) in [4.78, 5) is 26.7. The molecule has 0 bridgehead atoms. The highest BCUT2D eigenvalue weighted by atomic mass is 32.2. The van der Waals surface area contributed by atoms with Gasteiger partial charge < -0.3 is 10.2 Å². The number of rotatable bonds is 4. The minimum absolute atomic E-state index is 0.0684. The van der Waals surface area contributed by atoms with E-state index in [0.717, 1.165) is 37.8 Å². The first-order valence-corrected chi connectivity index (χ1v) is 10.1. The predicted molar refractivity (Wildman–Crippen MR) is 98.2 cm³/mol. The summed E-state index contributed by atoms with van der Waals surface area (Å²) in [5.74, 6) is 3.13. The summed E-state index contributed by atoms with van der Waals surface area (Å²) in [5, 5.41) is 3.16. The quantitative estimate of drug-likeness (QED) is 0.912. The van der Waals surface area contributed by atoms with Crippen LogP contribution in [0.5, 0.6) is 0 Å². The van der Waals surface area contributed by atoms with Gasteiger partial charge >= 0.3 is 0 Å². The van der Waals surface area contributed by atoms with Crippen LogP contribution in [-0.2, 0) is 4.79 Å². The van der Waals surface area contributed by atoms with Crippen LogP contribution in [0, 0.1) is 5.92 Å². The van der Waals surface area contributed by atoms with E-state index in [-0.39, 0.29) is 17.9 Å². The van der Waals surface area contributed by atoms with Gasteiger partial charge in [0, 0.05) is 31.1 Å². The van der Waals surface area contributed by atoms with Crippen molar-refractivity contribution in [1.29, 1.82) is 0 Å². The fourth-order valence-corrected chi connectivity index (χ4v) is 4.75. The number of hydrogen-bond acceptors (Lipinski definition) is 3. The van der Waals surface area contributed by atoms with Crippen LogP contribution in [-0.4, -0.2) is 47.4 Å². The maximum Gasteiger partial charge on any atom is 0.253 e. The zero-order valence-electron chi connectivity index (χ0n) is 14.1. The molecule has 3 rings (SSSR count). The average molecular weight is 346 g/mol. The second-order valence-electron chi connectivity index (χ2n) is 6.78. The Morgan fingerprint density at radius 1 is 1.12 bits per heavy atom. The zero-order chi connectivity index (χ0) is 16.8. The Balaban J connectivity index is 1.50. The summed E-state index contributed by atoms with van der Waals surface area (Å²) in [6.45, 7) is 1.40. The molecule has 1 N–H and O–H groups in total. The number of benzene rings is 1. The maximum absolute atomic E-state index is 12.6. The Kier molecular flexibility index (Phi) is 6.18. The third-order valence-corrected chi connectivity index (χ3v) is 5.96. The summed E-state index contributed by atoms with van der Waals surface area (Å²) in [6, 6.07) is 9.49. The van der Waals surface area contributed by atoms with Gasteiger partial charge in [0.25, 0.3) is 5.91 Å². The van der Waals surface area contributed by atoms with Crippen LogP contribution < -0.4 is 5.32 Å². The molecular weight excluding hydrogens is 320 g/mol. The average Bonchev–Trinajstić information content (AvgIpc) is 2.63. The number of amides is 2. The van der Waals surface area contributed by atoms with Crippen LogP contribution in [0.3, 0.4) is 0 Å². The minimum Gasteiger partial charge on any atom is -0.352 e. The van der Waals surface area contributed by atoms with Gasteiger partial charge in [0.15, 0.2) is 0 Å². The first-order chi connectivity index (χ1) is 11.7. The van der Waals surface area contributed by atoms with Crippen molar-refractivity contribution in [3.8, 4) is 0 Å². The van der Waals surface area contributed by atoms with Gasteiger partial charge in [-0.15, -0.1) is 0 Å². The molecule has 0 aromatic heterocycles. The van der Waals surface area contributed by atoms with Gasteiger partial charge in [-0.25, -0.2) is 0 Å². The number of carbonyl (C=O) groups excluding carboxylic acids is 2. The summed E-state index contributed by atoms with van der Waals surface area (Å²) < 4.78 is 0. The third kappa shape index (κ3) is 4.76. The standard InChI is InChI=1S/C19H26N2O2S/c22-18(13-15-8-11-24-12-9-15)20-17-7-4-10-21(14-17)19(23)16-5-2-1-3-6-16/h1-3,5-6,15,17H,4,7-14H2,(H,20,22)/t17-/m0/s1. The molecule has 0 radical (unpaired) electrons. The van der Waals surface area contributed by atoms with E-state index >= 15 is 0 Å². The highest BCUT2D eigenvalue weighted by Gasteiger charge is 2.26. The topological polar surface area (TPSA) is 49.4 Å². The SMILES string of the molecule is O=C(CC1CCSCC1)N[C@H]1CCCN(C(=O)c2ccccc2)C1. The number of hydrogen-bond donors (Lipinski definition) is 1. The van der Waals surface area contributed by atoms with Crippen LogP contribution in [0.1, 0.15) is 42.5 Å². The molecule has 0 saturated carbocycles. The van der Waals surface area contributed by atoms with Gasteiger partial charge in [-0.1, -0.05) is 18.2 Å². The molecule has 24 heavy (non-hydrogen) atoms. The molecule has 0 unspecified atom stereocenters. The van der Waals surface area contributed by atoms with E-state index in [4.69, 9.17) is 0 Å². The predicted octanol–water partition coefficient (Wildman–Crippen LogP) is 2.94. The molecule has 2 fully saturated rings. The van der Waals surface area contributed by atoms with E-state index in [1.807, 2.05) is 47.0 Å². The Morgan fingerprint density at radius 2 is 1.88 bits per heavy atom. The Labute approximate surface area is 148 Å². The largest absolute Gasteiger partial charge is 0.352 e. The molecule has 5 heteroatoms. The first kappa shape index (κ1) is 17.3. The van der Waals surface area contributed by atoms with Crippen LogP contribution >= 0.6 is 11.8 Å². The number of nitrogens with one attached hydrogen (secondary N) is 1. The Morgan fingerprint density at radius 3 is 2.62 bits per heavy atom. The second kappa shape index (κ2) is 8.56. The van der Waals surface area contributed by atoms with Gasteiger partial charge in [0.2, 0.25) is 5.91 Å². The van der Waals surface area contributed by atoms with Crippen molar-refractivity contribution in [1.82, 2.24) is 10.2 Å². The van der Waals surface area contributed by atoms with Crippen molar-refractivity contribution in [3.63, 3.8) is 0 Å². The van der Waals surface area contributed by atoms with E-state index in [1.54, 1.807) is 0 Å². The van der Waals surface area contributed by atoms with Crippen molar-refractivity contribution in [2.75, 3.05) is 24.6 Å². The van der Waals surface area contributed by atoms with Crippen molar-refractivity contribution < 1.29 is 9.59 Å². The van der Waals surface area contributed by atoms with Crippen LogP contribution in [0.25, 0.3) is 0 Å². The molecule has 2 saturated heterocycles. The van der Waals surface area contributed by atoms with Crippen LogP contribution in [0.4, 0.5) is 0 Å². The van der Waals surface area contributed by atoms with E-state index in [2.05, 4.69) is 5.32 Å². The lowest BCUT2D eigenvalue weighted by molar-refractivity contribution is -0.123. The molecule has 0 aliphatic carbocycles. The number of thioether (sulfide) groups is 1. The maximum atomic E-state index is 12.6. The monoisotopic (exact) mass is 346 g/mol. The molecule has 1 atom stereocenters. The number of likely N-dealkylation sites (tertiary alicyclic amines) is 1. The molecule has 0 spiro atoms. The number of carbonyl (C=O) groups is 2. The van der Waals surface area contributed by atoms with Gasteiger partial charge in [0.05, 0.1) is 0 Å². The van der Waals surface area contributed by atoms with E-state index in [9.17, 15) is 9.59 Å². The van der Waals surface area contributed by atoms with Crippen LogP contribution in [0.2, 0.25) is 0 Å². The van der Waals surface area contributed by atoms with E-state index < -0.39 is 0 Å². The molecule has 2 aliphatic heterocycles. The first-order valence-electron chi connectivity index (χ1n) is 8.94. The number of piperidine rings is 1. The summed E-state index contributed by atoms with van der Waals surface area (Å²) in [7, 11) is 0. The smallest absolute Gasteiger partial charge is 0.253 e.